The second kappa shape index (κ2) is 9.70. The van der Waals surface area contributed by atoms with Crippen LogP contribution < -0.4 is 11.1 Å². The molecule has 1 aromatic carbocycles. The second-order valence-electron chi connectivity index (χ2n) is 5.55. The number of carbonyl (C=O) groups is 3. The molecule has 1 atom stereocenters. The topological polar surface area (TPSA) is 115 Å². The molecule has 7 nitrogen and oxygen atoms in total. The maximum Gasteiger partial charge on any atom is 0.318 e. The van der Waals surface area contributed by atoms with E-state index in [-0.39, 0.29) is 17.5 Å². The van der Waals surface area contributed by atoms with Gasteiger partial charge in [-0.25, -0.2) is 4.79 Å². The summed E-state index contributed by atoms with van der Waals surface area (Å²) in [5, 5.41) is 9.68. The number of urea groups is 1. The van der Waals surface area contributed by atoms with Crippen LogP contribution >= 0.6 is 34.9 Å². The Morgan fingerprint density at radius 2 is 1.81 bits per heavy atom. The molecule has 138 valence electrons. The van der Waals surface area contributed by atoms with Gasteiger partial charge in [-0.1, -0.05) is 79.0 Å². The number of ketones is 1. The van der Waals surface area contributed by atoms with Crippen molar-refractivity contribution in [3.63, 3.8) is 0 Å². The number of benzene rings is 1. The van der Waals surface area contributed by atoms with Gasteiger partial charge in [0.2, 0.25) is 5.91 Å². The van der Waals surface area contributed by atoms with E-state index in [1.54, 1.807) is 12.1 Å². The average molecular weight is 411 g/mol. The van der Waals surface area contributed by atoms with Crippen LogP contribution in [0.3, 0.4) is 0 Å². The van der Waals surface area contributed by atoms with E-state index in [0.29, 0.717) is 14.2 Å². The van der Waals surface area contributed by atoms with Crippen LogP contribution in [0.5, 0.6) is 0 Å². The molecule has 0 saturated heterocycles. The predicted molar refractivity (Wildman–Crippen MR) is 104 cm³/mol. The van der Waals surface area contributed by atoms with Gasteiger partial charge in [-0.3, -0.25) is 14.9 Å². The van der Waals surface area contributed by atoms with E-state index >= 15 is 0 Å². The Morgan fingerprint density at radius 1 is 1.15 bits per heavy atom. The highest BCUT2D eigenvalue weighted by Crippen LogP contribution is 2.34. The van der Waals surface area contributed by atoms with Crippen LogP contribution in [0.2, 0.25) is 0 Å². The van der Waals surface area contributed by atoms with Gasteiger partial charge in [0.25, 0.3) is 0 Å². The number of nitrogens with one attached hydrogen (secondary N) is 1. The third-order valence-electron chi connectivity index (χ3n) is 3.15. The number of imide groups is 1. The normalized spacial score (nSPS) is 12.0. The highest BCUT2D eigenvalue weighted by molar-refractivity contribution is 8.04. The standard InChI is InChI=1S/C16H18N4O3S3/c1-9(2)12(13(22)18-14(17)23)25-16-20-19-15(26-16)24-8-11(21)10-6-4-3-5-7-10/h3-7,9,12H,8H2,1-2H3,(H3,17,18,22,23)/t12-/m1/s1. The SMILES string of the molecule is CC(C)[C@@H](Sc1nnc(SCC(=O)c2ccccc2)s1)C(=O)NC(N)=O. The molecule has 0 fully saturated rings. The smallest absolute Gasteiger partial charge is 0.318 e. The van der Waals surface area contributed by atoms with Gasteiger partial charge in [0, 0.05) is 5.56 Å². The summed E-state index contributed by atoms with van der Waals surface area (Å²) in [6.45, 7) is 3.74. The summed E-state index contributed by atoms with van der Waals surface area (Å²) in [6.07, 6.45) is 0. The molecule has 3 N–H and O–H groups in total. The molecule has 0 aliphatic heterocycles. The van der Waals surface area contributed by atoms with E-state index in [1.165, 1.54) is 34.9 Å². The van der Waals surface area contributed by atoms with Gasteiger partial charge in [-0.15, -0.1) is 10.2 Å². The van der Waals surface area contributed by atoms with Crippen LogP contribution in [0.1, 0.15) is 24.2 Å². The average Bonchev–Trinajstić information content (AvgIpc) is 3.05. The Morgan fingerprint density at radius 3 is 2.42 bits per heavy atom. The number of rotatable bonds is 8. The van der Waals surface area contributed by atoms with E-state index in [4.69, 9.17) is 5.73 Å². The summed E-state index contributed by atoms with van der Waals surface area (Å²) in [7, 11) is 0. The molecule has 26 heavy (non-hydrogen) atoms. The van der Waals surface area contributed by atoms with Crippen molar-refractivity contribution in [2.75, 3.05) is 5.75 Å². The number of Topliss-reactive ketones (excluding diaryl/α,β-unsaturated/α-hetero) is 1. The number of nitrogens with zero attached hydrogens (tertiary/aromatic N) is 2. The predicted octanol–water partition coefficient (Wildman–Crippen LogP) is 2.82. The fourth-order valence-corrected chi connectivity index (χ4v) is 5.05. The first-order valence-corrected chi connectivity index (χ1v) is 10.4. The number of primary amides is 1. The van der Waals surface area contributed by atoms with Crippen molar-refractivity contribution in [1.82, 2.24) is 15.5 Å². The molecule has 0 radical (unpaired) electrons. The summed E-state index contributed by atoms with van der Waals surface area (Å²) >= 11 is 3.84. The molecule has 3 amide bonds. The van der Waals surface area contributed by atoms with Crippen LogP contribution in [0, 0.1) is 5.92 Å². The lowest BCUT2D eigenvalue weighted by molar-refractivity contribution is -0.120. The van der Waals surface area contributed by atoms with Gasteiger partial charge in [0.05, 0.1) is 11.0 Å². The first-order chi connectivity index (χ1) is 12.4. The molecule has 10 heteroatoms. The molecular formula is C16H18N4O3S3. The van der Waals surface area contributed by atoms with E-state index < -0.39 is 17.2 Å². The zero-order chi connectivity index (χ0) is 19.1. The van der Waals surface area contributed by atoms with Crippen molar-refractivity contribution >= 4 is 52.6 Å². The van der Waals surface area contributed by atoms with Crippen LogP contribution in [0.15, 0.2) is 39.0 Å². The molecule has 0 aliphatic carbocycles. The quantitative estimate of drug-likeness (QED) is 0.508. The molecule has 1 aromatic heterocycles. The zero-order valence-corrected chi connectivity index (χ0v) is 16.6. The number of aromatic nitrogens is 2. The number of hydrogen-bond acceptors (Lipinski definition) is 8. The van der Waals surface area contributed by atoms with Gasteiger partial charge < -0.3 is 5.73 Å². The van der Waals surface area contributed by atoms with Gasteiger partial charge in [-0.2, -0.15) is 0 Å². The number of carbonyl (C=O) groups excluding carboxylic acids is 3. The van der Waals surface area contributed by atoms with Crippen LogP contribution in [-0.2, 0) is 4.79 Å². The lowest BCUT2D eigenvalue weighted by atomic mass is 10.1. The molecule has 0 unspecified atom stereocenters. The van der Waals surface area contributed by atoms with Gasteiger partial charge >= 0.3 is 6.03 Å². The van der Waals surface area contributed by atoms with Crippen molar-refractivity contribution in [2.24, 2.45) is 11.7 Å². The zero-order valence-electron chi connectivity index (χ0n) is 14.2. The van der Waals surface area contributed by atoms with Crippen LogP contribution in [-0.4, -0.2) is 38.9 Å². The first kappa shape index (κ1) is 20.4. The van der Waals surface area contributed by atoms with Crippen molar-refractivity contribution in [3.05, 3.63) is 35.9 Å². The summed E-state index contributed by atoms with van der Waals surface area (Å²) in [6, 6.07) is 8.16. The Kier molecular flexibility index (Phi) is 7.61. The number of thioether (sulfide) groups is 2. The van der Waals surface area contributed by atoms with E-state index in [0.717, 1.165) is 0 Å². The van der Waals surface area contributed by atoms with Crippen molar-refractivity contribution in [1.29, 1.82) is 0 Å². The Bertz CT molecular complexity index is 780. The summed E-state index contributed by atoms with van der Waals surface area (Å²) in [5.41, 5.74) is 5.66. The molecule has 0 aliphatic rings. The second-order valence-corrected chi connectivity index (χ2v) is 9.14. The lowest BCUT2D eigenvalue weighted by Gasteiger charge is -2.16. The van der Waals surface area contributed by atoms with Crippen molar-refractivity contribution < 1.29 is 14.4 Å². The summed E-state index contributed by atoms with van der Waals surface area (Å²) < 4.78 is 1.24. The largest absolute Gasteiger partial charge is 0.351 e. The van der Waals surface area contributed by atoms with E-state index in [2.05, 4.69) is 15.5 Å². The maximum atomic E-state index is 12.1. The van der Waals surface area contributed by atoms with Crippen LogP contribution in [0.4, 0.5) is 4.79 Å². The van der Waals surface area contributed by atoms with Gasteiger partial charge in [0.15, 0.2) is 14.5 Å². The third-order valence-corrected chi connectivity index (χ3v) is 6.83. The summed E-state index contributed by atoms with van der Waals surface area (Å²) in [5.74, 6) is -0.208. The minimum atomic E-state index is -0.880. The fourth-order valence-electron chi connectivity index (χ4n) is 1.93. The van der Waals surface area contributed by atoms with E-state index in [9.17, 15) is 14.4 Å². The molecule has 1 heterocycles. The molecule has 2 aromatic rings. The molecule has 0 saturated carbocycles. The van der Waals surface area contributed by atoms with Crippen LogP contribution in [0.25, 0.3) is 0 Å². The third kappa shape index (κ3) is 6.11. The molecule has 0 bridgehead atoms. The Hall–Kier alpha value is -1.91. The van der Waals surface area contributed by atoms with Gasteiger partial charge in [0.1, 0.15) is 0 Å². The molecule has 0 spiro atoms. The lowest BCUT2D eigenvalue weighted by Crippen LogP contribution is -2.42. The minimum absolute atomic E-state index is 0.0147. The number of nitrogens with two attached hydrogens (primary N) is 1. The molecule has 2 rings (SSSR count). The first-order valence-electron chi connectivity index (χ1n) is 7.68. The highest BCUT2D eigenvalue weighted by Gasteiger charge is 2.26. The highest BCUT2D eigenvalue weighted by atomic mass is 32.2. The summed E-state index contributed by atoms with van der Waals surface area (Å²) in [4.78, 5) is 35.0. The van der Waals surface area contributed by atoms with Crippen molar-refractivity contribution in [3.8, 4) is 0 Å². The Balaban J connectivity index is 1.94. The monoisotopic (exact) mass is 410 g/mol. The minimum Gasteiger partial charge on any atom is -0.351 e. The maximum absolute atomic E-state index is 12.1. The fraction of sp³-hybridized carbons (Fsp3) is 0.312. The number of amides is 3. The molecular weight excluding hydrogens is 392 g/mol. The van der Waals surface area contributed by atoms with Crippen molar-refractivity contribution in [2.45, 2.75) is 27.8 Å². The van der Waals surface area contributed by atoms with Gasteiger partial charge in [-0.05, 0) is 5.92 Å². The number of hydrogen-bond donors (Lipinski definition) is 2. The van der Waals surface area contributed by atoms with E-state index in [1.807, 2.05) is 32.0 Å². The Labute approximate surface area is 163 Å².